The van der Waals surface area contributed by atoms with E-state index in [1.807, 2.05) is 0 Å². The Bertz CT molecular complexity index is 149. The van der Waals surface area contributed by atoms with Gasteiger partial charge >= 0.3 is 0 Å². The smallest absolute Gasteiger partial charge is 0.00103 e. The fourth-order valence-corrected chi connectivity index (χ4v) is 1.02. The summed E-state index contributed by atoms with van der Waals surface area (Å²) in [5.74, 6) is 0.627. The average Bonchev–Trinajstić information content (AvgIpc) is 2.15. The summed E-state index contributed by atoms with van der Waals surface area (Å²) < 4.78 is 0. The molecule has 0 saturated carbocycles. The first-order valence-electron chi connectivity index (χ1n) is 3.28. The largest absolute Gasteiger partial charge is 0.100 e. The summed E-state index contributed by atoms with van der Waals surface area (Å²) in [5.41, 5.74) is 1.26. The lowest BCUT2D eigenvalue weighted by Crippen LogP contribution is -1.87. The van der Waals surface area contributed by atoms with Gasteiger partial charge in [-0.2, -0.15) is 0 Å². The van der Waals surface area contributed by atoms with Crippen LogP contribution in [0.2, 0.25) is 0 Å². The van der Waals surface area contributed by atoms with Gasteiger partial charge in [-0.1, -0.05) is 29.9 Å². The van der Waals surface area contributed by atoms with Crippen LogP contribution >= 0.6 is 0 Å². The van der Waals surface area contributed by atoms with E-state index in [2.05, 4.69) is 37.8 Å². The minimum Gasteiger partial charge on any atom is -0.100 e. The molecule has 9 heavy (non-hydrogen) atoms. The third kappa shape index (κ3) is 1.88. The van der Waals surface area contributed by atoms with Gasteiger partial charge in [-0.05, 0) is 19.3 Å². The van der Waals surface area contributed by atoms with E-state index in [0.29, 0.717) is 5.92 Å². The van der Waals surface area contributed by atoms with Crippen molar-refractivity contribution in [3.05, 3.63) is 36.5 Å². The van der Waals surface area contributed by atoms with Gasteiger partial charge in [0.25, 0.3) is 0 Å². The number of hydrogen-bond acceptors (Lipinski definition) is 0. The van der Waals surface area contributed by atoms with Crippen LogP contribution < -0.4 is 0 Å². The quantitative estimate of drug-likeness (QED) is 0.491. The van der Waals surface area contributed by atoms with Crippen LogP contribution in [0.3, 0.4) is 0 Å². The van der Waals surface area contributed by atoms with E-state index in [4.69, 9.17) is 0 Å². The second kappa shape index (κ2) is 2.67. The monoisotopic (exact) mass is 120 g/mol. The highest BCUT2D eigenvalue weighted by molar-refractivity contribution is 5.19. The van der Waals surface area contributed by atoms with Gasteiger partial charge in [0, 0.05) is 0 Å². The highest BCUT2D eigenvalue weighted by atomic mass is 14.1. The van der Waals surface area contributed by atoms with E-state index in [1.165, 1.54) is 5.57 Å². The highest BCUT2D eigenvalue weighted by Crippen LogP contribution is 2.16. The van der Waals surface area contributed by atoms with Gasteiger partial charge in [0.1, 0.15) is 0 Å². The van der Waals surface area contributed by atoms with Gasteiger partial charge in [0.15, 0.2) is 0 Å². The zero-order valence-electron chi connectivity index (χ0n) is 5.80. The summed E-state index contributed by atoms with van der Waals surface area (Å²) >= 11 is 0. The lowest BCUT2D eigenvalue weighted by atomic mass is 10.0. The summed E-state index contributed by atoms with van der Waals surface area (Å²) in [6.45, 7) is 5.92. The first-order chi connectivity index (χ1) is 4.29. The number of allylic oxidation sites excluding steroid dienone is 5. The van der Waals surface area contributed by atoms with Crippen molar-refractivity contribution in [2.45, 2.75) is 13.3 Å². The molecular weight excluding hydrogens is 108 g/mol. The molecule has 0 fully saturated rings. The van der Waals surface area contributed by atoms with Gasteiger partial charge in [0.2, 0.25) is 0 Å². The first kappa shape index (κ1) is 6.34. The Labute approximate surface area is 56.6 Å². The molecule has 0 heterocycles. The van der Waals surface area contributed by atoms with Crippen LogP contribution in [-0.2, 0) is 0 Å². The Hall–Kier alpha value is -0.780. The Morgan fingerprint density at radius 1 is 1.44 bits per heavy atom. The molecular formula is C9H12. The maximum Gasteiger partial charge on any atom is -0.00103 e. The lowest BCUT2D eigenvalue weighted by Gasteiger charge is -2.01. The molecule has 0 aromatic heterocycles. The third-order valence-corrected chi connectivity index (χ3v) is 1.41. The normalized spacial score (nSPS) is 17.0. The Morgan fingerprint density at radius 3 is 2.44 bits per heavy atom. The SMILES string of the molecule is C=C(C)CC1C=CC=C1. The van der Waals surface area contributed by atoms with Crippen LogP contribution in [0.15, 0.2) is 36.5 Å². The topological polar surface area (TPSA) is 0 Å². The molecule has 0 aromatic rings. The molecule has 0 nitrogen and oxygen atoms in total. The summed E-state index contributed by atoms with van der Waals surface area (Å²) in [6.07, 6.45) is 9.69. The van der Waals surface area contributed by atoms with Crippen molar-refractivity contribution in [1.82, 2.24) is 0 Å². The van der Waals surface area contributed by atoms with Crippen LogP contribution in [0.5, 0.6) is 0 Å². The summed E-state index contributed by atoms with van der Waals surface area (Å²) in [7, 11) is 0. The molecule has 0 bridgehead atoms. The van der Waals surface area contributed by atoms with E-state index in [9.17, 15) is 0 Å². The zero-order valence-corrected chi connectivity index (χ0v) is 5.80. The molecule has 0 heteroatoms. The molecule has 1 rings (SSSR count). The van der Waals surface area contributed by atoms with Gasteiger partial charge in [-0.3, -0.25) is 0 Å². The van der Waals surface area contributed by atoms with Crippen LogP contribution in [-0.4, -0.2) is 0 Å². The molecule has 48 valence electrons. The first-order valence-corrected chi connectivity index (χ1v) is 3.28. The standard InChI is InChI=1S/C9H12/c1-8(2)7-9-5-3-4-6-9/h3-6,9H,1,7H2,2H3. The van der Waals surface area contributed by atoms with Crippen LogP contribution in [0.25, 0.3) is 0 Å². The second-order valence-corrected chi connectivity index (χ2v) is 2.59. The van der Waals surface area contributed by atoms with Crippen molar-refractivity contribution in [2.75, 3.05) is 0 Å². The Kier molecular flexibility index (Phi) is 1.88. The minimum absolute atomic E-state index is 0.627. The van der Waals surface area contributed by atoms with Crippen molar-refractivity contribution in [1.29, 1.82) is 0 Å². The predicted octanol–water partition coefficient (Wildman–Crippen LogP) is 2.69. The van der Waals surface area contributed by atoms with Gasteiger partial charge in [-0.25, -0.2) is 0 Å². The molecule has 1 aliphatic carbocycles. The van der Waals surface area contributed by atoms with E-state index < -0.39 is 0 Å². The van der Waals surface area contributed by atoms with Crippen molar-refractivity contribution >= 4 is 0 Å². The average molecular weight is 120 g/mol. The molecule has 0 aliphatic heterocycles. The summed E-state index contributed by atoms with van der Waals surface area (Å²) in [4.78, 5) is 0. The molecule has 0 aromatic carbocycles. The van der Waals surface area contributed by atoms with Crippen LogP contribution in [0.4, 0.5) is 0 Å². The Balaban J connectivity index is 2.37. The van der Waals surface area contributed by atoms with Crippen molar-refractivity contribution in [3.63, 3.8) is 0 Å². The zero-order chi connectivity index (χ0) is 6.69. The molecule has 0 N–H and O–H groups in total. The fourth-order valence-electron chi connectivity index (χ4n) is 1.02. The molecule has 0 unspecified atom stereocenters. The lowest BCUT2D eigenvalue weighted by molar-refractivity contribution is 0.808. The Morgan fingerprint density at radius 2 is 2.00 bits per heavy atom. The molecule has 0 spiro atoms. The van der Waals surface area contributed by atoms with Crippen molar-refractivity contribution in [3.8, 4) is 0 Å². The van der Waals surface area contributed by atoms with E-state index >= 15 is 0 Å². The molecule has 0 saturated heterocycles. The van der Waals surface area contributed by atoms with Crippen LogP contribution in [0.1, 0.15) is 13.3 Å². The second-order valence-electron chi connectivity index (χ2n) is 2.59. The fraction of sp³-hybridized carbons (Fsp3) is 0.333. The van der Waals surface area contributed by atoms with E-state index in [0.717, 1.165) is 6.42 Å². The minimum atomic E-state index is 0.627. The molecule has 0 radical (unpaired) electrons. The number of hydrogen-bond donors (Lipinski definition) is 0. The van der Waals surface area contributed by atoms with Crippen molar-refractivity contribution < 1.29 is 0 Å². The predicted molar refractivity (Wildman–Crippen MR) is 41.2 cm³/mol. The van der Waals surface area contributed by atoms with E-state index in [1.54, 1.807) is 0 Å². The van der Waals surface area contributed by atoms with E-state index in [-0.39, 0.29) is 0 Å². The maximum absolute atomic E-state index is 3.85. The summed E-state index contributed by atoms with van der Waals surface area (Å²) in [6, 6.07) is 0. The van der Waals surface area contributed by atoms with Gasteiger partial charge < -0.3 is 0 Å². The highest BCUT2D eigenvalue weighted by Gasteiger charge is 2.01. The van der Waals surface area contributed by atoms with Crippen molar-refractivity contribution in [2.24, 2.45) is 5.92 Å². The molecule has 0 atom stereocenters. The number of rotatable bonds is 2. The van der Waals surface area contributed by atoms with Gasteiger partial charge in [0.05, 0.1) is 0 Å². The summed E-state index contributed by atoms with van der Waals surface area (Å²) in [5, 5.41) is 0. The molecule has 0 amide bonds. The third-order valence-electron chi connectivity index (χ3n) is 1.41. The van der Waals surface area contributed by atoms with Gasteiger partial charge in [-0.15, -0.1) is 6.58 Å². The van der Waals surface area contributed by atoms with Crippen LogP contribution in [0, 0.1) is 5.92 Å². The maximum atomic E-state index is 3.85. The molecule has 1 aliphatic rings.